The van der Waals surface area contributed by atoms with Crippen LogP contribution in [0, 0.1) is 0 Å². The van der Waals surface area contributed by atoms with Gasteiger partial charge in [-0.2, -0.15) is 0 Å². The number of carbonyl (C=O) groups excluding carboxylic acids is 1. The number of carbonyl (C=O) groups is 1. The van der Waals surface area contributed by atoms with Gasteiger partial charge in [0.05, 0.1) is 12.5 Å². The highest BCUT2D eigenvalue weighted by molar-refractivity contribution is 5.95. The van der Waals surface area contributed by atoms with E-state index >= 15 is 0 Å². The molecule has 134 valence electrons. The molecule has 4 nitrogen and oxygen atoms in total. The number of benzene rings is 2. The molecule has 0 aromatic heterocycles. The van der Waals surface area contributed by atoms with Gasteiger partial charge in [0.15, 0.2) is 0 Å². The van der Waals surface area contributed by atoms with Gasteiger partial charge in [0, 0.05) is 12.2 Å². The van der Waals surface area contributed by atoms with Gasteiger partial charge in [-0.1, -0.05) is 37.3 Å². The Hall–Kier alpha value is -2.33. The molecule has 0 radical (unpaired) electrons. The molecule has 0 bridgehead atoms. The van der Waals surface area contributed by atoms with Crippen LogP contribution >= 0.6 is 0 Å². The minimum Gasteiger partial charge on any atom is -0.494 e. The standard InChI is InChI=1S/C21H28N2O2/c1-4-20(17-9-6-5-7-10-17)21(24)22-18-11-13-19(14-12-18)25-16-8-15-23(2)3/h5-7,9-14,20H,4,8,15-16H2,1-3H3,(H,22,24). The van der Waals surface area contributed by atoms with E-state index < -0.39 is 0 Å². The van der Waals surface area contributed by atoms with Gasteiger partial charge >= 0.3 is 0 Å². The Labute approximate surface area is 150 Å². The molecule has 1 atom stereocenters. The maximum Gasteiger partial charge on any atom is 0.231 e. The van der Waals surface area contributed by atoms with Gasteiger partial charge in [0.1, 0.15) is 5.75 Å². The summed E-state index contributed by atoms with van der Waals surface area (Å²) in [5.41, 5.74) is 1.84. The van der Waals surface area contributed by atoms with Crippen molar-refractivity contribution in [2.45, 2.75) is 25.7 Å². The lowest BCUT2D eigenvalue weighted by Gasteiger charge is -2.16. The lowest BCUT2D eigenvalue weighted by atomic mass is 9.95. The minimum absolute atomic E-state index is 0.0216. The van der Waals surface area contributed by atoms with E-state index in [1.165, 1.54) is 0 Å². The number of hydrogen-bond donors (Lipinski definition) is 1. The van der Waals surface area contributed by atoms with E-state index in [2.05, 4.69) is 24.3 Å². The van der Waals surface area contributed by atoms with E-state index in [4.69, 9.17) is 4.74 Å². The summed E-state index contributed by atoms with van der Waals surface area (Å²) in [6, 6.07) is 17.5. The van der Waals surface area contributed by atoms with E-state index in [0.717, 1.165) is 36.4 Å². The fraction of sp³-hybridized carbons (Fsp3) is 0.381. The van der Waals surface area contributed by atoms with Gasteiger partial charge in [0.2, 0.25) is 5.91 Å². The first kappa shape index (κ1) is 19.0. The number of rotatable bonds is 9. The molecule has 0 fully saturated rings. The maximum atomic E-state index is 12.6. The highest BCUT2D eigenvalue weighted by Gasteiger charge is 2.18. The molecule has 0 aliphatic carbocycles. The Morgan fingerprint density at radius 2 is 1.76 bits per heavy atom. The van der Waals surface area contributed by atoms with Crippen molar-refractivity contribution in [3.63, 3.8) is 0 Å². The molecule has 0 heterocycles. The zero-order valence-corrected chi connectivity index (χ0v) is 15.4. The number of ether oxygens (including phenoxy) is 1. The van der Waals surface area contributed by atoms with Crippen molar-refractivity contribution in [3.05, 3.63) is 60.2 Å². The molecule has 25 heavy (non-hydrogen) atoms. The summed E-state index contributed by atoms with van der Waals surface area (Å²) >= 11 is 0. The van der Waals surface area contributed by atoms with Crippen LogP contribution < -0.4 is 10.1 Å². The van der Waals surface area contributed by atoms with E-state index in [0.29, 0.717) is 6.61 Å². The van der Waals surface area contributed by atoms with Crippen LogP contribution in [0.4, 0.5) is 5.69 Å². The molecule has 2 aromatic carbocycles. The summed E-state index contributed by atoms with van der Waals surface area (Å²) in [6.07, 6.45) is 1.75. The summed E-state index contributed by atoms with van der Waals surface area (Å²) in [4.78, 5) is 14.7. The molecular weight excluding hydrogens is 312 g/mol. The Balaban J connectivity index is 1.88. The fourth-order valence-corrected chi connectivity index (χ4v) is 2.69. The van der Waals surface area contributed by atoms with Crippen LogP contribution in [0.15, 0.2) is 54.6 Å². The third-order valence-electron chi connectivity index (χ3n) is 4.07. The molecule has 0 saturated carbocycles. The maximum absolute atomic E-state index is 12.6. The van der Waals surface area contributed by atoms with Crippen molar-refractivity contribution in [1.82, 2.24) is 4.90 Å². The van der Waals surface area contributed by atoms with Gasteiger partial charge in [-0.15, -0.1) is 0 Å². The minimum atomic E-state index is -0.136. The summed E-state index contributed by atoms with van der Waals surface area (Å²) in [5.74, 6) is 0.711. The zero-order chi connectivity index (χ0) is 18.1. The van der Waals surface area contributed by atoms with Crippen LogP contribution in [0.1, 0.15) is 31.2 Å². The third kappa shape index (κ3) is 6.24. The monoisotopic (exact) mass is 340 g/mol. The number of anilines is 1. The van der Waals surface area contributed by atoms with Crippen molar-refractivity contribution in [1.29, 1.82) is 0 Å². The normalized spacial score (nSPS) is 12.0. The molecule has 2 aromatic rings. The van der Waals surface area contributed by atoms with Crippen LogP contribution in [0.3, 0.4) is 0 Å². The Kier molecular flexibility index (Phi) is 7.48. The van der Waals surface area contributed by atoms with Crippen LogP contribution in [0.5, 0.6) is 5.75 Å². The van der Waals surface area contributed by atoms with Crippen molar-refractivity contribution in [3.8, 4) is 5.75 Å². The number of nitrogens with one attached hydrogen (secondary N) is 1. The summed E-state index contributed by atoms with van der Waals surface area (Å²) in [5, 5.41) is 3.00. The van der Waals surface area contributed by atoms with Crippen LogP contribution in [-0.4, -0.2) is 38.1 Å². The summed E-state index contributed by atoms with van der Waals surface area (Å²) < 4.78 is 5.71. The van der Waals surface area contributed by atoms with Crippen LogP contribution in [-0.2, 0) is 4.79 Å². The smallest absolute Gasteiger partial charge is 0.231 e. The molecule has 0 spiro atoms. The molecule has 0 aliphatic heterocycles. The van der Waals surface area contributed by atoms with Gasteiger partial charge in [0.25, 0.3) is 0 Å². The molecule has 2 rings (SSSR count). The SMILES string of the molecule is CCC(C(=O)Nc1ccc(OCCCN(C)C)cc1)c1ccccc1. The molecule has 0 aliphatic rings. The second-order valence-electron chi connectivity index (χ2n) is 6.39. The molecule has 1 unspecified atom stereocenters. The summed E-state index contributed by atoms with van der Waals surface area (Å²) in [7, 11) is 4.10. The largest absolute Gasteiger partial charge is 0.494 e. The van der Waals surface area contributed by atoms with E-state index in [-0.39, 0.29) is 11.8 Å². The highest BCUT2D eigenvalue weighted by atomic mass is 16.5. The zero-order valence-electron chi connectivity index (χ0n) is 15.4. The Morgan fingerprint density at radius 1 is 1.08 bits per heavy atom. The highest BCUT2D eigenvalue weighted by Crippen LogP contribution is 2.22. The molecule has 1 amide bonds. The lowest BCUT2D eigenvalue weighted by Crippen LogP contribution is -2.20. The first-order valence-corrected chi connectivity index (χ1v) is 8.83. The van der Waals surface area contributed by atoms with E-state index in [1.807, 2.05) is 61.5 Å². The van der Waals surface area contributed by atoms with Gasteiger partial charge < -0.3 is 15.0 Å². The average molecular weight is 340 g/mol. The quantitative estimate of drug-likeness (QED) is 0.697. The van der Waals surface area contributed by atoms with Crippen molar-refractivity contribution in [2.24, 2.45) is 0 Å². The molecule has 1 N–H and O–H groups in total. The second kappa shape index (κ2) is 9.84. The van der Waals surface area contributed by atoms with Crippen molar-refractivity contribution < 1.29 is 9.53 Å². The number of amides is 1. The van der Waals surface area contributed by atoms with Crippen LogP contribution in [0.2, 0.25) is 0 Å². The molecule has 4 heteroatoms. The first-order chi connectivity index (χ1) is 12.1. The van der Waals surface area contributed by atoms with E-state index in [9.17, 15) is 4.79 Å². The Morgan fingerprint density at radius 3 is 2.36 bits per heavy atom. The second-order valence-corrected chi connectivity index (χ2v) is 6.39. The lowest BCUT2D eigenvalue weighted by molar-refractivity contribution is -0.117. The number of nitrogens with zero attached hydrogens (tertiary/aromatic N) is 1. The average Bonchev–Trinajstić information content (AvgIpc) is 2.61. The van der Waals surface area contributed by atoms with Gasteiger partial charge in [-0.05, 0) is 56.8 Å². The first-order valence-electron chi connectivity index (χ1n) is 8.83. The third-order valence-corrected chi connectivity index (χ3v) is 4.07. The predicted octanol–water partition coefficient (Wildman–Crippen LogP) is 4.15. The van der Waals surface area contributed by atoms with Crippen LogP contribution in [0.25, 0.3) is 0 Å². The molecular formula is C21H28N2O2. The Bertz CT molecular complexity index is 639. The molecule has 0 saturated heterocycles. The van der Waals surface area contributed by atoms with Crippen molar-refractivity contribution >= 4 is 11.6 Å². The van der Waals surface area contributed by atoms with E-state index in [1.54, 1.807) is 0 Å². The summed E-state index contributed by atoms with van der Waals surface area (Å²) in [6.45, 7) is 3.73. The fourth-order valence-electron chi connectivity index (χ4n) is 2.69. The van der Waals surface area contributed by atoms with Gasteiger partial charge in [-0.3, -0.25) is 4.79 Å². The van der Waals surface area contributed by atoms with Gasteiger partial charge in [-0.25, -0.2) is 0 Å². The van der Waals surface area contributed by atoms with Crippen molar-refractivity contribution in [2.75, 3.05) is 32.6 Å². The number of hydrogen-bond acceptors (Lipinski definition) is 3. The predicted molar refractivity (Wildman–Crippen MR) is 103 cm³/mol. The topological polar surface area (TPSA) is 41.6 Å².